The van der Waals surface area contributed by atoms with E-state index in [1.165, 1.54) is 11.1 Å². The molecule has 1 fully saturated rings. The Morgan fingerprint density at radius 1 is 1.14 bits per heavy atom. The highest BCUT2D eigenvalue weighted by Gasteiger charge is 2.46. The molecule has 28 heavy (non-hydrogen) atoms. The number of likely N-dealkylation sites (tertiary alicyclic amines) is 1. The Labute approximate surface area is 164 Å². The number of aliphatic hydroxyl groups is 2. The van der Waals surface area contributed by atoms with Crippen molar-refractivity contribution in [1.82, 2.24) is 9.88 Å². The second-order valence-corrected chi connectivity index (χ2v) is 7.36. The van der Waals surface area contributed by atoms with Crippen molar-refractivity contribution in [2.45, 2.75) is 38.8 Å². The van der Waals surface area contributed by atoms with Crippen LogP contribution in [-0.4, -0.2) is 44.4 Å². The standard InChI is InChI=1S/C22H24N2O4/c1-13(2)15-6-8-16(9-7-15)19-18(20(26)17-5-4-10-23-11-17)21(27)22(28)24(19)12-14(3)25/h4-11,13-14,19,25-26H,12H2,1-3H3. The van der Waals surface area contributed by atoms with E-state index in [4.69, 9.17) is 0 Å². The number of aromatic nitrogens is 1. The number of β-amino-alcohol motifs (C(OH)–C–C–N with tert-alkyl or cyclic N) is 1. The molecule has 6 heteroatoms. The second-order valence-electron chi connectivity index (χ2n) is 7.36. The van der Waals surface area contributed by atoms with E-state index in [-0.39, 0.29) is 17.9 Å². The van der Waals surface area contributed by atoms with Crippen LogP contribution in [0.25, 0.3) is 5.76 Å². The lowest BCUT2D eigenvalue weighted by Gasteiger charge is -2.26. The Morgan fingerprint density at radius 3 is 2.36 bits per heavy atom. The number of aliphatic hydroxyl groups excluding tert-OH is 2. The summed E-state index contributed by atoms with van der Waals surface area (Å²) in [6, 6.07) is 10.1. The fourth-order valence-electron chi connectivity index (χ4n) is 3.42. The maximum absolute atomic E-state index is 12.8. The van der Waals surface area contributed by atoms with Crippen LogP contribution in [0.3, 0.4) is 0 Å². The van der Waals surface area contributed by atoms with Crippen LogP contribution in [0.2, 0.25) is 0 Å². The smallest absolute Gasteiger partial charge is 0.295 e. The predicted octanol–water partition coefficient (Wildman–Crippen LogP) is 3.01. The number of carbonyl (C=O) groups is 2. The molecule has 1 aromatic carbocycles. The van der Waals surface area contributed by atoms with Gasteiger partial charge in [-0.2, -0.15) is 0 Å². The Kier molecular flexibility index (Phi) is 5.61. The Balaban J connectivity index is 2.15. The zero-order valence-electron chi connectivity index (χ0n) is 16.2. The minimum Gasteiger partial charge on any atom is -0.507 e. The van der Waals surface area contributed by atoms with Crippen molar-refractivity contribution in [2.75, 3.05) is 6.54 Å². The first-order valence-electron chi connectivity index (χ1n) is 9.28. The van der Waals surface area contributed by atoms with Crippen LogP contribution in [0.15, 0.2) is 54.4 Å². The van der Waals surface area contributed by atoms with Gasteiger partial charge in [0.2, 0.25) is 0 Å². The topological polar surface area (TPSA) is 90.7 Å². The number of pyridine rings is 1. The molecule has 1 aromatic heterocycles. The molecule has 2 unspecified atom stereocenters. The maximum Gasteiger partial charge on any atom is 0.295 e. The maximum atomic E-state index is 12.8. The zero-order valence-corrected chi connectivity index (χ0v) is 16.2. The molecule has 1 amide bonds. The molecule has 1 aliphatic rings. The Hall–Kier alpha value is -2.99. The largest absolute Gasteiger partial charge is 0.507 e. The molecule has 0 radical (unpaired) electrons. The molecule has 2 aromatic rings. The summed E-state index contributed by atoms with van der Waals surface area (Å²) >= 11 is 0. The summed E-state index contributed by atoms with van der Waals surface area (Å²) in [5.74, 6) is -1.42. The predicted molar refractivity (Wildman–Crippen MR) is 105 cm³/mol. The molecule has 0 spiro atoms. The van der Waals surface area contributed by atoms with Crippen LogP contribution in [0.1, 0.15) is 49.4 Å². The second kappa shape index (κ2) is 7.94. The summed E-state index contributed by atoms with van der Waals surface area (Å²) in [5.41, 5.74) is 2.20. The molecule has 0 aliphatic carbocycles. The van der Waals surface area contributed by atoms with Crippen molar-refractivity contribution in [3.05, 3.63) is 71.1 Å². The summed E-state index contributed by atoms with van der Waals surface area (Å²) in [6.45, 7) is 5.71. The molecule has 146 valence electrons. The first-order chi connectivity index (χ1) is 13.3. The first-order valence-corrected chi connectivity index (χ1v) is 9.28. The minimum absolute atomic E-state index is 0.00894. The molecule has 2 heterocycles. The number of hydrogen-bond acceptors (Lipinski definition) is 5. The summed E-state index contributed by atoms with van der Waals surface area (Å²) in [4.78, 5) is 30.7. The summed E-state index contributed by atoms with van der Waals surface area (Å²) in [7, 11) is 0. The lowest BCUT2D eigenvalue weighted by molar-refractivity contribution is -0.140. The van der Waals surface area contributed by atoms with Crippen molar-refractivity contribution in [1.29, 1.82) is 0 Å². The number of Topliss-reactive ketones (excluding diaryl/α,β-unsaturated/α-hetero) is 1. The third-order valence-electron chi connectivity index (χ3n) is 4.85. The van der Waals surface area contributed by atoms with Crippen molar-refractivity contribution < 1.29 is 19.8 Å². The van der Waals surface area contributed by atoms with Crippen LogP contribution in [0.4, 0.5) is 0 Å². The van der Waals surface area contributed by atoms with Gasteiger partial charge in [-0.25, -0.2) is 0 Å². The summed E-state index contributed by atoms with van der Waals surface area (Å²) < 4.78 is 0. The number of rotatable bonds is 5. The molecule has 1 aliphatic heterocycles. The number of benzene rings is 1. The van der Waals surface area contributed by atoms with E-state index >= 15 is 0 Å². The lowest BCUT2D eigenvalue weighted by Crippen LogP contribution is -2.35. The van der Waals surface area contributed by atoms with Crippen LogP contribution in [0.5, 0.6) is 0 Å². The van der Waals surface area contributed by atoms with Gasteiger partial charge in [-0.05, 0) is 36.1 Å². The normalized spacial score (nSPS) is 20.0. The van der Waals surface area contributed by atoms with E-state index in [0.717, 1.165) is 5.56 Å². The van der Waals surface area contributed by atoms with Gasteiger partial charge in [-0.3, -0.25) is 14.6 Å². The highest BCUT2D eigenvalue weighted by Crippen LogP contribution is 2.39. The van der Waals surface area contributed by atoms with Crippen LogP contribution in [-0.2, 0) is 9.59 Å². The molecule has 0 bridgehead atoms. The quantitative estimate of drug-likeness (QED) is 0.473. The molecular weight excluding hydrogens is 356 g/mol. The fraction of sp³-hybridized carbons (Fsp3) is 0.318. The molecule has 2 atom stereocenters. The highest BCUT2D eigenvalue weighted by molar-refractivity contribution is 6.46. The lowest BCUT2D eigenvalue weighted by atomic mass is 9.93. The van der Waals surface area contributed by atoms with Gasteiger partial charge in [0.15, 0.2) is 0 Å². The molecule has 2 N–H and O–H groups in total. The minimum atomic E-state index is -0.811. The number of hydrogen-bond donors (Lipinski definition) is 2. The van der Waals surface area contributed by atoms with Gasteiger partial charge in [-0.1, -0.05) is 38.1 Å². The first kappa shape index (κ1) is 19.8. The Morgan fingerprint density at radius 2 is 1.82 bits per heavy atom. The molecule has 0 saturated carbocycles. The number of carbonyl (C=O) groups excluding carboxylic acids is 2. The van der Waals surface area contributed by atoms with E-state index in [1.54, 1.807) is 25.3 Å². The van der Waals surface area contributed by atoms with Crippen molar-refractivity contribution in [2.24, 2.45) is 0 Å². The van der Waals surface area contributed by atoms with Crippen molar-refractivity contribution in [3.8, 4) is 0 Å². The zero-order chi connectivity index (χ0) is 20.4. The molecule has 1 saturated heterocycles. The van der Waals surface area contributed by atoms with Crippen LogP contribution >= 0.6 is 0 Å². The van der Waals surface area contributed by atoms with Gasteiger partial charge in [0.05, 0.1) is 17.7 Å². The van der Waals surface area contributed by atoms with Crippen LogP contribution in [0, 0.1) is 0 Å². The number of amides is 1. The van der Waals surface area contributed by atoms with Gasteiger partial charge in [0.25, 0.3) is 11.7 Å². The van der Waals surface area contributed by atoms with Crippen molar-refractivity contribution >= 4 is 17.4 Å². The fourth-order valence-corrected chi connectivity index (χ4v) is 3.42. The van der Waals surface area contributed by atoms with Crippen LogP contribution < -0.4 is 0 Å². The van der Waals surface area contributed by atoms with E-state index in [2.05, 4.69) is 18.8 Å². The van der Waals surface area contributed by atoms with Crippen molar-refractivity contribution in [3.63, 3.8) is 0 Å². The van der Waals surface area contributed by atoms with E-state index < -0.39 is 23.8 Å². The Bertz CT molecular complexity index is 902. The van der Waals surface area contributed by atoms with Gasteiger partial charge in [-0.15, -0.1) is 0 Å². The van der Waals surface area contributed by atoms with E-state index in [1.807, 2.05) is 24.3 Å². The molecule has 3 rings (SSSR count). The third-order valence-corrected chi connectivity index (χ3v) is 4.85. The van der Waals surface area contributed by atoms with E-state index in [9.17, 15) is 19.8 Å². The van der Waals surface area contributed by atoms with Gasteiger partial charge in [0, 0.05) is 24.5 Å². The summed E-state index contributed by atoms with van der Waals surface area (Å²) in [5, 5.41) is 20.7. The summed E-state index contributed by atoms with van der Waals surface area (Å²) in [6.07, 6.45) is 2.19. The SMILES string of the molecule is CC(O)CN1C(=O)C(=O)C(=C(O)c2cccnc2)C1c1ccc(C(C)C)cc1. The van der Waals surface area contributed by atoms with Gasteiger partial charge < -0.3 is 15.1 Å². The monoisotopic (exact) mass is 380 g/mol. The van der Waals surface area contributed by atoms with E-state index in [0.29, 0.717) is 17.0 Å². The molecule has 6 nitrogen and oxygen atoms in total. The van der Waals surface area contributed by atoms with Gasteiger partial charge in [0.1, 0.15) is 5.76 Å². The van der Waals surface area contributed by atoms with Gasteiger partial charge >= 0.3 is 0 Å². The number of nitrogens with zero attached hydrogens (tertiary/aromatic N) is 2. The average Bonchev–Trinajstić information content (AvgIpc) is 2.92. The number of ketones is 1. The highest BCUT2D eigenvalue weighted by atomic mass is 16.3. The molecular formula is C22H24N2O4. The third kappa shape index (κ3) is 3.68. The average molecular weight is 380 g/mol.